The lowest BCUT2D eigenvalue weighted by molar-refractivity contribution is -0.120. The first kappa shape index (κ1) is 16.0. The van der Waals surface area contributed by atoms with E-state index in [4.69, 9.17) is 0 Å². The van der Waals surface area contributed by atoms with Gasteiger partial charge in [0.05, 0.1) is 12.5 Å². The Morgan fingerprint density at radius 2 is 1.95 bits per heavy atom. The van der Waals surface area contributed by atoms with Crippen molar-refractivity contribution < 1.29 is 15.0 Å². The van der Waals surface area contributed by atoms with Crippen molar-refractivity contribution in [1.82, 2.24) is 5.32 Å². The molecule has 0 aliphatic rings. The number of phenolic OH excluding ortho intramolecular Hbond substituents is 1. The summed E-state index contributed by atoms with van der Waals surface area (Å²) in [6, 6.07) is 12.7. The second-order valence-electron chi connectivity index (χ2n) is 5.53. The number of aliphatic hydroxyl groups excluding tert-OH is 1. The Balaban J connectivity index is 1.88. The van der Waals surface area contributed by atoms with Crippen LogP contribution < -0.4 is 5.32 Å². The first-order chi connectivity index (χ1) is 10.5. The molecule has 1 amide bonds. The average molecular weight is 299 g/mol. The molecular weight excluding hydrogens is 278 g/mol. The van der Waals surface area contributed by atoms with Gasteiger partial charge >= 0.3 is 0 Å². The minimum atomic E-state index is -0.727. The molecule has 2 aromatic rings. The molecule has 1 atom stereocenters. The normalized spacial score (nSPS) is 12.0. The van der Waals surface area contributed by atoms with E-state index in [0.717, 1.165) is 22.3 Å². The van der Waals surface area contributed by atoms with E-state index in [1.807, 2.05) is 37.3 Å². The van der Waals surface area contributed by atoms with Gasteiger partial charge in [0.25, 0.3) is 0 Å². The highest BCUT2D eigenvalue weighted by molar-refractivity contribution is 5.78. The van der Waals surface area contributed by atoms with Gasteiger partial charge in [0.2, 0.25) is 5.91 Å². The second kappa shape index (κ2) is 7.09. The molecule has 3 N–H and O–H groups in total. The molecule has 4 nitrogen and oxygen atoms in total. The molecule has 0 bridgehead atoms. The number of hydrogen-bond acceptors (Lipinski definition) is 3. The maximum atomic E-state index is 11.9. The van der Waals surface area contributed by atoms with Gasteiger partial charge in [-0.3, -0.25) is 4.79 Å². The summed E-state index contributed by atoms with van der Waals surface area (Å²) < 4.78 is 0. The Hall–Kier alpha value is -2.33. The predicted molar refractivity (Wildman–Crippen MR) is 85.7 cm³/mol. The molecule has 2 rings (SSSR count). The van der Waals surface area contributed by atoms with E-state index in [0.29, 0.717) is 0 Å². The molecule has 1 unspecified atom stereocenters. The summed E-state index contributed by atoms with van der Waals surface area (Å²) in [6.45, 7) is 3.93. The summed E-state index contributed by atoms with van der Waals surface area (Å²) in [5.41, 5.74) is 3.37. The summed E-state index contributed by atoms with van der Waals surface area (Å²) >= 11 is 0. The quantitative estimate of drug-likeness (QED) is 0.794. The van der Waals surface area contributed by atoms with Crippen LogP contribution in [0.25, 0.3) is 0 Å². The number of aromatic hydroxyl groups is 1. The van der Waals surface area contributed by atoms with Crippen molar-refractivity contribution in [3.63, 3.8) is 0 Å². The summed E-state index contributed by atoms with van der Waals surface area (Å²) in [4.78, 5) is 11.9. The molecule has 0 aliphatic heterocycles. The van der Waals surface area contributed by atoms with Gasteiger partial charge in [0.15, 0.2) is 0 Å². The van der Waals surface area contributed by atoms with Gasteiger partial charge < -0.3 is 15.5 Å². The average Bonchev–Trinajstić information content (AvgIpc) is 2.48. The summed E-state index contributed by atoms with van der Waals surface area (Å²) in [6.07, 6.45) is -0.552. The smallest absolute Gasteiger partial charge is 0.224 e. The fraction of sp³-hybridized carbons (Fsp3) is 0.278. The Morgan fingerprint density at radius 1 is 1.18 bits per heavy atom. The van der Waals surface area contributed by atoms with Gasteiger partial charge in [0.1, 0.15) is 5.75 Å². The van der Waals surface area contributed by atoms with Gasteiger partial charge in [0, 0.05) is 6.54 Å². The number of carbonyl (C=O) groups excluding carboxylic acids is 1. The monoisotopic (exact) mass is 299 g/mol. The lowest BCUT2D eigenvalue weighted by Crippen LogP contribution is -2.29. The van der Waals surface area contributed by atoms with Crippen LogP contribution in [0.3, 0.4) is 0 Å². The zero-order chi connectivity index (χ0) is 16.1. The lowest BCUT2D eigenvalue weighted by Gasteiger charge is -2.13. The van der Waals surface area contributed by atoms with Gasteiger partial charge in [-0.05, 0) is 36.6 Å². The number of aliphatic hydroxyl groups is 1. The van der Waals surface area contributed by atoms with E-state index in [1.54, 1.807) is 19.1 Å². The molecule has 0 heterocycles. The predicted octanol–water partition coefficient (Wildman–Crippen LogP) is 2.40. The number of rotatable bonds is 5. The molecule has 0 saturated carbocycles. The zero-order valence-corrected chi connectivity index (χ0v) is 12.8. The van der Waals surface area contributed by atoms with E-state index in [1.165, 1.54) is 0 Å². The third-order valence-electron chi connectivity index (χ3n) is 3.56. The maximum absolute atomic E-state index is 11.9. The zero-order valence-electron chi connectivity index (χ0n) is 12.8. The third-order valence-corrected chi connectivity index (χ3v) is 3.56. The van der Waals surface area contributed by atoms with Crippen molar-refractivity contribution in [3.05, 3.63) is 64.7 Å². The van der Waals surface area contributed by atoms with E-state index < -0.39 is 6.10 Å². The summed E-state index contributed by atoms with van der Waals surface area (Å²) in [5, 5.41) is 22.4. The molecule has 0 spiro atoms. The number of amides is 1. The van der Waals surface area contributed by atoms with Gasteiger partial charge in [-0.15, -0.1) is 0 Å². The van der Waals surface area contributed by atoms with Gasteiger partial charge in [-0.1, -0.05) is 42.0 Å². The molecule has 0 fully saturated rings. The fourth-order valence-corrected chi connectivity index (χ4v) is 2.22. The molecule has 0 saturated heterocycles. The lowest BCUT2D eigenvalue weighted by atomic mass is 10.1. The third kappa shape index (κ3) is 4.33. The van der Waals surface area contributed by atoms with Gasteiger partial charge in [-0.2, -0.15) is 0 Å². The number of carbonyl (C=O) groups is 1. The first-order valence-electron chi connectivity index (χ1n) is 7.25. The van der Waals surface area contributed by atoms with E-state index in [2.05, 4.69) is 5.32 Å². The van der Waals surface area contributed by atoms with E-state index >= 15 is 0 Å². The van der Waals surface area contributed by atoms with Crippen LogP contribution in [0, 0.1) is 13.8 Å². The Morgan fingerprint density at radius 3 is 2.64 bits per heavy atom. The van der Waals surface area contributed by atoms with Crippen LogP contribution in [0.2, 0.25) is 0 Å². The van der Waals surface area contributed by atoms with Crippen LogP contribution in [0.15, 0.2) is 42.5 Å². The number of benzene rings is 2. The fourth-order valence-electron chi connectivity index (χ4n) is 2.22. The number of phenols is 1. The molecule has 0 aliphatic carbocycles. The second-order valence-corrected chi connectivity index (χ2v) is 5.53. The molecule has 2 aromatic carbocycles. The van der Waals surface area contributed by atoms with Crippen LogP contribution in [0.5, 0.6) is 5.75 Å². The summed E-state index contributed by atoms with van der Waals surface area (Å²) in [7, 11) is 0. The Labute approximate surface area is 130 Å². The van der Waals surface area contributed by atoms with E-state index in [9.17, 15) is 15.0 Å². The highest BCUT2D eigenvalue weighted by Gasteiger charge is 2.10. The molecule has 116 valence electrons. The number of nitrogens with one attached hydrogen (secondary N) is 1. The summed E-state index contributed by atoms with van der Waals surface area (Å²) in [5.74, 6) is 0.0000478. The van der Waals surface area contributed by atoms with Crippen LogP contribution >= 0.6 is 0 Å². The van der Waals surface area contributed by atoms with Gasteiger partial charge in [-0.25, -0.2) is 0 Å². The van der Waals surface area contributed by atoms with Crippen LogP contribution in [-0.2, 0) is 11.2 Å². The number of aryl methyl sites for hydroxylation is 2. The Bertz CT molecular complexity index is 667. The highest BCUT2D eigenvalue weighted by atomic mass is 16.3. The standard InChI is InChI=1S/C18H21NO3/c1-12-4-3-5-15(8-12)17(21)11-19-18(22)10-14-7-6-13(2)16(20)9-14/h3-9,17,20-21H,10-11H2,1-2H3,(H,19,22). The van der Waals surface area contributed by atoms with Crippen molar-refractivity contribution in [2.75, 3.05) is 6.54 Å². The highest BCUT2D eigenvalue weighted by Crippen LogP contribution is 2.18. The molecule has 0 radical (unpaired) electrons. The molecule has 0 aromatic heterocycles. The SMILES string of the molecule is Cc1cccc(C(O)CNC(=O)Cc2ccc(C)c(O)c2)c1. The molecule has 4 heteroatoms. The van der Waals surface area contributed by atoms with Crippen molar-refractivity contribution in [1.29, 1.82) is 0 Å². The minimum absolute atomic E-state index is 0.167. The molecule has 22 heavy (non-hydrogen) atoms. The van der Waals surface area contributed by atoms with Crippen molar-refractivity contribution in [2.45, 2.75) is 26.4 Å². The topological polar surface area (TPSA) is 69.6 Å². The first-order valence-corrected chi connectivity index (χ1v) is 7.25. The van der Waals surface area contributed by atoms with Crippen LogP contribution in [0.1, 0.15) is 28.4 Å². The van der Waals surface area contributed by atoms with E-state index in [-0.39, 0.29) is 24.6 Å². The van der Waals surface area contributed by atoms with Crippen molar-refractivity contribution in [2.24, 2.45) is 0 Å². The van der Waals surface area contributed by atoms with Crippen LogP contribution in [0.4, 0.5) is 0 Å². The van der Waals surface area contributed by atoms with Crippen molar-refractivity contribution >= 4 is 5.91 Å². The number of hydrogen-bond donors (Lipinski definition) is 3. The minimum Gasteiger partial charge on any atom is -0.508 e. The Kier molecular flexibility index (Phi) is 5.17. The maximum Gasteiger partial charge on any atom is 0.224 e. The molecular formula is C18H21NO3. The largest absolute Gasteiger partial charge is 0.508 e. The van der Waals surface area contributed by atoms with Crippen LogP contribution in [-0.4, -0.2) is 22.7 Å². The van der Waals surface area contributed by atoms with Crippen molar-refractivity contribution in [3.8, 4) is 5.75 Å².